The fourth-order valence-electron chi connectivity index (χ4n) is 2.87. The zero-order chi connectivity index (χ0) is 19.1. The Labute approximate surface area is 156 Å². The van der Waals surface area contributed by atoms with E-state index in [4.69, 9.17) is 0 Å². The van der Waals surface area contributed by atoms with E-state index in [-0.39, 0.29) is 5.95 Å². The van der Waals surface area contributed by atoms with Gasteiger partial charge in [-0.2, -0.15) is 18.2 Å². The van der Waals surface area contributed by atoms with Gasteiger partial charge in [-0.05, 0) is 37.2 Å². The monoisotopic (exact) mass is 380 g/mol. The summed E-state index contributed by atoms with van der Waals surface area (Å²) < 4.78 is 38.4. The number of benzene rings is 1. The Morgan fingerprint density at radius 2 is 1.96 bits per heavy atom. The first kappa shape index (κ1) is 19.4. The molecule has 3 N–H and O–H groups in total. The van der Waals surface area contributed by atoms with Crippen LogP contribution in [0, 0.1) is 0 Å². The molecule has 1 saturated heterocycles. The van der Waals surface area contributed by atoms with E-state index in [1.165, 1.54) is 6.07 Å². The molecule has 0 spiro atoms. The van der Waals surface area contributed by atoms with Crippen LogP contribution in [-0.2, 0) is 6.18 Å². The molecule has 0 aliphatic carbocycles. The molecule has 2 aromatic rings. The fraction of sp³-hybridized carbons (Fsp3) is 0.444. The Morgan fingerprint density at radius 3 is 2.74 bits per heavy atom. The predicted molar refractivity (Wildman–Crippen MR) is 99.2 cm³/mol. The van der Waals surface area contributed by atoms with E-state index in [9.17, 15) is 13.2 Å². The van der Waals surface area contributed by atoms with Crippen molar-refractivity contribution in [1.29, 1.82) is 0 Å². The Balaban J connectivity index is 1.51. The molecule has 0 amide bonds. The van der Waals surface area contributed by atoms with Crippen LogP contribution < -0.4 is 16.0 Å². The largest absolute Gasteiger partial charge is 0.416 e. The lowest BCUT2D eigenvalue weighted by atomic mass is 10.2. The summed E-state index contributed by atoms with van der Waals surface area (Å²) in [7, 11) is 0. The van der Waals surface area contributed by atoms with Gasteiger partial charge < -0.3 is 20.9 Å². The van der Waals surface area contributed by atoms with Crippen LogP contribution in [0.3, 0.4) is 0 Å². The van der Waals surface area contributed by atoms with E-state index >= 15 is 0 Å². The van der Waals surface area contributed by atoms with E-state index in [1.807, 2.05) is 0 Å². The maximum atomic E-state index is 12.8. The fourth-order valence-corrected chi connectivity index (χ4v) is 2.87. The molecule has 0 saturated carbocycles. The number of aromatic nitrogens is 2. The highest BCUT2D eigenvalue weighted by atomic mass is 19.4. The number of nitrogens with one attached hydrogen (secondary N) is 3. The number of hydrogen-bond acceptors (Lipinski definition) is 6. The van der Waals surface area contributed by atoms with Gasteiger partial charge in [0, 0.05) is 44.6 Å². The topological polar surface area (TPSA) is 65.1 Å². The molecule has 3 rings (SSSR count). The van der Waals surface area contributed by atoms with Crippen molar-refractivity contribution < 1.29 is 13.2 Å². The van der Waals surface area contributed by atoms with Gasteiger partial charge in [0.25, 0.3) is 0 Å². The van der Waals surface area contributed by atoms with Crippen molar-refractivity contribution in [3.05, 3.63) is 42.1 Å². The Bertz CT molecular complexity index is 731. The van der Waals surface area contributed by atoms with Gasteiger partial charge in [0.1, 0.15) is 5.82 Å². The highest BCUT2D eigenvalue weighted by molar-refractivity contribution is 5.56. The van der Waals surface area contributed by atoms with Gasteiger partial charge >= 0.3 is 6.18 Å². The van der Waals surface area contributed by atoms with Crippen LogP contribution in [0.5, 0.6) is 0 Å². The molecule has 0 unspecified atom stereocenters. The number of rotatable bonds is 7. The molecule has 1 aliphatic heterocycles. The van der Waals surface area contributed by atoms with Gasteiger partial charge in [0.05, 0.1) is 5.56 Å². The van der Waals surface area contributed by atoms with Gasteiger partial charge in [0.2, 0.25) is 5.95 Å². The van der Waals surface area contributed by atoms with Crippen LogP contribution in [0.15, 0.2) is 36.5 Å². The second kappa shape index (κ2) is 9.01. The van der Waals surface area contributed by atoms with Gasteiger partial charge in [-0.15, -0.1) is 0 Å². The van der Waals surface area contributed by atoms with Crippen LogP contribution in [0.25, 0.3) is 0 Å². The zero-order valence-corrected chi connectivity index (χ0v) is 14.9. The minimum atomic E-state index is -4.38. The van der Waals surface area contributed by atoms with Crippen molar-refractivity contribution in [2.75, 3.05) is 49.9 Å². The van der Waals surface area contributed by atoms with E-state index in [0.29, 0.717) is 11.5 Å². The van der Waals surface area contributed by atoms with Crippen molar-refractivity contribution >= 4 is 17.5 Å². The Morgan fingerprint density at radius 1 is 1.15 bits per heavy atom. The summed E-state index contributed by atoms with van der Waals surface area (Å²) in [6, 6.07) is 6.71. The second-order valence-electron chi connectivity index (χ2n) is 6.34. The van der Waals surface area contributed by atoms with E-state index in [2.05, 4.69) is 30.8 Å². The van der Waals surface area contributed by atoms with Crippen molar-refractivity contribution in [3.8, 4) is 0 Å². The molecule has 6 nitrogen and oxygen atoms in total. The summed E-state index contributed by atoms with van der Waals surface area (Å²) in [5, 5.41) is 9.38. The molecule has 1 aromatic carbocycles. The van der Waals surface area contributed by atoms with Gasteiger partial charge in [0.15, 0.2) is 0 Å². The predicted octanol–water partition coefficient (Wildman–Crippen LogP) is 2.95. The smallest absolute Gasteiger partial charge is 0.370 e. The molecule has 146 valence electrons. The summed E-state index contributed by atoms with van der Waals surface area (Å²) in [5.41, 5.74) is -0.421. The first-order valence-electron chi connectivity index (χ1n) is 8.95. The minimum absolute atomic E-state index is 0.251. The number of hydrogen-bond donors (Lipinski definition) is 3. The first-order valence-corrected chi connectivity index (χ1v) is 8.95. The molecular weight excluding hydrogens is 357 g/mol. The first-order chi connectivity index (χ1) is 13.0. The van der Waals surface area contributed by atoms with Crippen LogP contribution in [0.1, 0.15) is 12.0 Å². The minimum Gasteiger partial charge on any atom is -0.370 e. The van der Waals surface area contributed by atoms with E-state index in [1.54, 1.807) is 18.3 Å². The third kappa shape index (κ3) is 6.07. The lowest BCUT2D eigenvalue weighted by Gasteiger charge is -2.27. The summed E-state index contributed by atoms with van der Waals surface area (Å²) in [6.45, 7) is 5.99. The van der Waals surface area contributed by atoms with E-state index < -0.39 is 11.7 Å². The third-order valence-corrected chi connectivity index (χ3v) is 4.27. The van der Waals surface area contributed by atoms with Crippen LogP contribution in [-0.4, -0.2) is 54.1 Å². The maximum absolute atomic E-state index is 12.8. The highest BCUT2D eigenvalue weighted by Gasteiger charge is 2.30. The summed E-state index contributed by atoms with van der Waals surface area (Å²) in [4.78, 5) is 10.8. The standard InChI is InChI=1S/C18H23F3N6/c19-18(20,21)14-3-1-4-15(13-14)25-17-24-7-5-16(26-17)23-6-2-10-27-11-8-22-9-12-27/h1,3-5,7,13,22H,2,6,8-12H2,(H2,23,24,25,26). The molecule has 1 aliphatic rings. The van der Waals surface area contributed by atoms with Crippen molar-refractivity contribution in [3.63, 3.8) is 0 Å². The molecular formula is C18H23F3N6. The van der Waals surface area contributed by atoms with Crippen molar-refractivity contribution in [1.82, 2.24) is 20.2 Å². The molecule has 0 bridgehead atoms. The van der Waals surface area contributed by atoms with Crippen LogP contribution in [0.2, 0.25) is 0 Å². The average Bonchev–Trinajstić information content (AvgIpc) is 2.66. The summed E-state index contributed by atoms with van der Waals surface area (Å²) in [6.07, 6.45) is -1.83. The van der Waals surface area contributed by atoms with Gasteiger partial charge in [-0.25, -0.2) is 4.98 Å². The average molecular weight is 380 g/mol. The Kier molecular flexibility index (Phi) is 6.46. The number of anilines is 3. The maximum Gasteiger partial charge on any atom is 0.416 e. The van der Waals surface area contributed by atoms with E-state index in [0.717, 1.165) is 57.8 Å². The molecule has 1 aromatic heterocycles. The Hall–Kier alpha value is -2.39. The molecule has 27 heavy (non-hydrogen) atoms. The summed E-state index contributed by atoms with van der Waals surface area (Å²) >= 11 is 0. The molecule has 0 radical (unpaired) electrons. The lowest BCUT2D eigenvalue weighted by Crippen LogP contribution is -2.44. The van der Waals surface area contributed by atoms with Gasteiger partial charge in [-0.3, -0.25) is 0 Å². The van der Waals surface area contributed by atoms with Crippen LogP contribution >= 0.6 is 0 Å². The third-order valence-electron chi connectivity index (χ3n) is 4.27. The number of nitrogens with zero attached hydrogens (tertiary/aromatic N) is 3. The zero-order valence-electron chi connectivity index (χ0n) is 14.9. The van der Waals surface area contributed by atoms with Crippen molar-refractivity contribution in [2.24, 2.45) is 0 Å². The molecule has 0 atom stereocenters. The van der Waals surface area contributed by atoms with Crippen LogP contribution in [0.4, 0.5) is 30.6 Å². The highest BCUT2D eigenvalue weighted by Crippen LogP contribution is 2.31. The molecule has 9 heteroatoms. The number of piperazine rings is 1. The molecule has 2 heterocycles. The lowest BCUT2D eigenvalue weighted by molar-refractivity contribution is -0.137. The normalized spacial score (nSPS) is 15.5. The molecule has 1 fully saturated rings. The SMILES string of the molecule is FC(F)(F)c1cccc(Nc2nccc(NCCCN3CCNCC3)n2)c1. The summed E-state index contributed by atoms with van der Waals surface area (Å²) in [5.74, 6) is 0.890. The quantitative estimate of drug-likeness (QED) is 0.642. The number of alkyl halides is 3. The van der Waals surface area contributed by atoms with Gasteiger partial charge in [-0.1, -0.05) is 6.07 Å². The number of halogens is 3. The van der Waals surface area contributed by atoms with Crippen molar-refractivity contribution in [2.45, 2.75) is 12.6 Å². The second-order valence-corrected chi connectivity index (χ2v) is 6.34.